The largest absolute Gasteiger partial charge is 0.623 e. The SMILES string of the molecule is CC1(C)O[C@@H](/C=[N+](\[O-])C(c2ccccc2)c2ccccc2)[C@H](CO[Si](C)(C)C(C)(C)C)O1. The molecule has 3 rings (SSSR count). The Morgan fingerprint density at radius 3 is 1.97 bits per heavy atom. The van der Waals surface area contributed by atoms with Gasteiger partial charge >= 0.3 is 0 Å². The van der Waals surface area contributed by atoms with Gasteiger partial charge in [0, 0.05) is 11.1 Å². The van der Waals surface area contributed by atoms with Crippen molar-refractivity contribution in [2.24, 2.45) is 0 Å². The van der Waals surface area contributed by atoms with Crippen LogP contribution < -0.4 is 0 Å². The van der Waals surface area contributed by atoms with E-state index in [1.54, 1.807) is 6.21 Å². The van der Waals surface area contributed by atoms with Gasteiger partial charge in [-0.05, 0) is 32.0 Å². The predicted octanol–water partition coefficient (Wildman–Crippen LogP) is 5.90. The summed E-state index contributed by atoms with van der Waals surface area (Å²) < 4.78 is 19.7. The highest BCUT2D eigenvalue weighted by atomic mass is 28.4. The Bertz CT molecular complexity index is 867. The van der Waals surface area contributed by atoms with E-state index in [0.717, 1.165) is 15.9 Å². The van der Waals surface area contributed by atoms with Crippen molar-refractivity contribution >= 4 is 14.5 Å². The third kappa shape index (κ3) is 5.87. The number of hydroxylamine groups is 1. The molecule has 6 heteroatoms. The lowest BCUT2D eigenvalue weighted by Crippen LogP contribution is -2.44. The van der Waals surface area contributed by atoms with Crippen molar-refractivity contribution < 1.29 is 18.6 Å². The van der Waals surface area contributed by atoms with Crippen molar-refractivity contribution in [2.45, 2.75) is 76.8 Å². The first-order valence-electron chi connectivity index (χ1n) is 11.3. The van der Waals surface area contributed by atoms with E-state index in [4.69, 9.17) is 13.9 Å². The summed E-state index contributed by atoms with van der Waals surface area (Å²) in [6.07, 6.45) is 0.768. The Kier molecular flexibility index (Phi) is 7.30. The van der Waals surface area contributed by atoms with Crippen molar-refractivity contribution in [2.75, 3.05) is 6.61 Å². The molecule has 0 unspecified atom stereocenters. The van der Waals surface area contributed by atoms with Gasteiger partial charge in [-0.25, -0.2) is 4.74 Å². The number of hydrogen-bond donors (Lipinski definition) is 0. The van der Waals surface area contributed by atoms with E-state index in [2.05, 4.69) is 33.9 Å². The fraction of sp³-hybridized carbons (Fsp3) is 0.500. The molecule has 2 aromatic rings. The molecule has 0 aromatic heterocycles. The van der Waals surface area contributed by atoms with Crippen LogP contribution in [-0.4, -0.2) is 43.9 Å². The fourth-order valence-corrected chi connectivity index (χ4v) is 4.63. The molecule has 2 atom stereocenters. The lowest BCUT2D eigenvalue weighted by atomic mass is 9.99. The summed E-state index contributed by atoms with van der Waals surface area (Å²) in [5.74, 6) is -0.779. The summed E-state index contributed by atoms with van der Waals surface area (Å²) in [6.45, 7) is 15.2. The van der Waals surface area contributed by atoms with E-state index < -0.39 is 26.3 Å². The molecule has 0 spiro atoms. The topological polar surface area (TPSA) is 53.8 Å². The van der Waals surface area contributed by atoms with Crippen molar-refractivity contribution in [1.82, 2.24) is 0 Å². The number of nitrogens with zero attached hydrogens (tertiary/aromatic N) is 1. The van der Waals surface area contributed by atoms with Gasteiger partial charge in [-0.3, -0.25) is 0 Å². The minimum Gasteiger partial charge on any atom is -0.623 e. The van der Waals surface area contributed by atoms with Gasteiger partial charge in [0.2, 0.25) is 6.04 Å². The predicted molar refractivity (Wildman–Crippen MR) is 131 cm³/mol. The molecule has 32 heavy (non-hydrogen) atoms. The van der Waals surface area contributed by atoms with Crippen LogP contribution in [0.15, 0.2) is 60.7 Å². The number of hydrogen-bond acceptors (Lipinski definition) is 4. The van der Waals surface area contributed by atoms with Gasteiger partial charge in [-0.1, -0.05) is 81.4 Å². The second kappa shape index (κ2) is 9.47. The van der Waals surface area contributed by atoms with Crippen LogP contribution >= 0.6 is 0 Å². The highest BCUT2D eigenvalue weighted by molar-refractivity contribution is 6.74. The zero-order valence-electron chi connectivity index (χ0n) is 20.4. The molecular weight excluding hydrogens is 418 g/mol. The van der Waals surface area contributed by atoms with Crippen LogP contribution in [0, 0.1) is 5.21 Å². The number of rotatable bonds is 7. The zero-order chi connectivity index (χ0) is 23.6. The molecule has 0 radical (unpaired) electrons. The average molecular weight is 456 g/mol. The molecule has 0 amide bonds. The summed E-state index contributed by atoms with van der Waals surface area (Å²) in [7, 11) is -1.96. The van der Waals surface area contributed by atoms with Crippen LogP contribution in [0.4, 0.5) is 0 Å². The zero-order valence-corrected chi connectivity index (χ0v) is 21.4. The van der Waals surface area contributed by atoms with E-state index in [9.17, 15) is 5.21 Å². The maximum Gasteiger partial charge on any atom is 0.213 e. The quantitative estimate of drug-likeness (QED) is 0.171. The third-order valence-electron chi connectivity index (χ3n) is 6.42. The Morgan fingerprint density at radius 2 is 1.50 bits per heavy atom. The number of benzene rings is 2. The maximum atomic E-state index is 13.5. The molecule has 1 aliphatic rings. The van der Waals surface area contributed by atoms with Crippen molar-refractivity contribution in [3.05, 3.63) is 77.0 Å². The monoisotopic (exact) mass is 455 g/mol. The molecule has 0 bridgehead atoms. The summed E-state index contributed by atoms with van der Waals surface area (Å²) in [4.78, 5) is 0. The van der Waals surface area contributed by atoms with Crippen LogP contribution in [0.3, 0.4) is 0 Å². The van der Waals surface area contributed by atoms with Gasteiger partial charge in [-0.15, -0.1) is 0 Å². The fourth-order valence-electron chi connectivity index (χ4n) is 3.61. The summed E-state index contributed by atoms with van der Waals surface area (Å²) in [5.41, 5.74) is 1.86. The molecule has 5 nitrogen and oxygen atoms in total. The highest BCUT2D eigenvalue weighted by Gasteiger charge is 2.45. The first-order valence-corrected chi connectivity index (χ1v) is 14.2. The van der Waals surface area contributed by atoms with Crippen LogP contribution in [-0.2, 0) is 13.9 Å². The molecule has 174 valence electrons. The highest BCUT2D eigenvalue weighted by Crippen LogP contribution is 2.38. The molecule has 1 aliphatic heterocycles. The van der Waals surface area contributed by atoms with Crippen LogP contribution in [0.25, 0.3) is 0 Å². The standard InChI is InChI=1S/C26H37NO4Si/c1-25(2,3)32(6,7)29-19-23-22(30-26(4,5)31-23)18-27(28)24(20-14-10-8-11-15-20)21-16-12-9-13-17-21/h8-18,22-24H,19H2,1-7H3/b27-18-/t22-,23-/m0/s1. The molecule has 2 aromatic carbocycles. The Morgan fingerprint density at radius 1 is 1.00 bits per heavy atom. The Labute approximate surface area is 193 Å². The second-order valence-corrected chi connectivity index (χ2v) is 15.3. The average Bonchev–Trinajstić information content (AvgIpc) is 3.00. The van der Waals surface area contributed by atoms with Crippen molar-refractivity contribution in [3.8, 4) is 0 Å². The van der Waals surface area contributed by atoms with E-state index in [0.29, 0.717) is 6.61 Å². The third-order valence-corrected chi connectivity index (χ3v) is 10.9. The molecule has 1 fully saturated rings. The van der Waals surface area contributed by atoms with Gasteiger partial charge in [0.25, 0.3) is 0 Å². The molecule has 0 saturated carbocycles. The lowest BCUT2D eigenvalue weighted by molar-refractivity contribution is -0.494. The molecule has 1 heterocycles. The van der Waals surface area contributed by atoms with Gasteiger partial charge in [0.15, 0.2) is 26.4 Å². The van der Waals surface area contributed by atoms with Gasteiger partial charge in [0.1, 0.15) is 6.10 Å². The van der Waals surface area contributed by atoms with E-state index in [1.807, 2.05) is 74.5 Å². The van der Waals surface area contributed by atoms with Gasteiger partial charge < -0.3 is 19.1 Å². The summed E-state index contributed by atoms with van der Waals surface area (Å²) >= 11 is 0. The minimum absolute atomic E-state index is 0.0947. The van der Waals surface area contributed by atoms with E-state index in [1.165, 1.54) is 0 Å². The summed E-state index contributed by atoms with van der Waals surface area (Å²) in [6, 6.07) is 19.2. The molecule has 0 aliphatic carbocycles. The lowest BCUT2D eigenvalue weighted by Gasteiger charge is -2.37. The molecular formula is C26H37NO4Si. The second-order valence-electron chi connectivity index (χ2n) is 10.4. The Hall–Kier alpha value is -1.99. The smallest absolute Gasteiger partial charge is 0.213 e. The van der Waals surface area contributed by atoms with Crippen molar-refractivity contribution in [1.29, 1.82) is 0 Å². The first kappa shape index (κ1) is 24.6. The molecule has 0 N–H and O–H groups in total. The van der Waals surface area contributed by atoms with Crippen LogP contribution in [0.2, 0.25) is 18.1 Å². The van der Waals surface area contributed by atoms with E-state index in [-0.39, 0.29) is 11.1 Å². The van der Waals surface area contributed by atoms with Gasteiger partial charge in [-0.2, -0.15) is 0 Å². The Balaban J connectivity index is 1.88. The minimum atomic E-state index is -1.96. The number of ether oxygens (including phenoxy) is 2. The maximum absolute atomic E-state index is 13.5. The molecule has 1 saturated heterocycles. The van der Waals surface area contributed by atoms with Gasteiger partial charge in [0.05, 0.1) is 6.61 Å². The van der Waals surface area contributed by atoms with E-state index >= 15 is 0 Å². The van der Waals surface area contributed by atoms with Crippen molar-refractivity contribution in [3.63, 3.8) is 0 Å². The van der Waals surface area contributed by atoms with Crippen LogP contribution in [0.5, 0.6) is 0 Å². The first-order chi connectivity index (χ1) is 14.9. The normalized spacial score (nSPS) is 21.8. The van der Waals surface area contributed by atoms with Crippen LogP contribution in [0.1, 0.15) is 51.8 Å². The summed E-state index contributed by atoms with van der Waals surface area (Å²) in [5, 5.41) is 13.6.